The van der Waals surface area contributed by atoms with Crippen molar-refractivity contribution in [3.63, 3.8) is 0 Å². The maximum atomic E-state index is 11.2. The summed E-state index contributed by atoms with van der Waals surface area (Å²) in [5.41, 5.74) is 0.976. The first-order valence-electron chi connectivity index (χ1n) is 6.23. The van der Waals surface area contributed by atoms with E-state index in [0.29, 0.717) is 0 Å². The van der Waals surface area contributed by atoms with E-state index in [1.54, 1.807) is 12.1 Å². The van der Waals surface area contributed by atoms with Gasteiger partial charge in [0.2, 0.25) is 10.0 Å². The first-order chi connectivity index (χ1) is 8.88. The van der Waals surface area contributed by atoms with E-state index in [2.05, 4.69) is 18.2 Å². The van der Waals surface area contributed by atoms with E-state index in [4.69, 9.17) is 11.6 Å². The molecule has 2 unspecified atom stereocenters. The Labute approximate surface area is 115 Å². The van der Waals surface area contributed by atoms with Gasteiger partial charge in [-0.3, -0.25) is 5.32 Å². The van der Waals surface area contributed by atoms with Crippen LogP contribution in [0, 0.1) is 12.3 Å². The minimum Gasteiger partial charge on any atom is -0.297 e. The van der Waals surface area contributed by atoms with Crippen LogP contribution in [0.4, 0.5) is 0 Å². The highest BCUT2D eigenvalue weighted by Gasteiger charge is 2.12. The van der Waals surface area contributed by atoms with Crippen molar-refractivity contribution in [1.29, 1.82) is 0 Å². The fourth-order valence-electron chi connectivity index (χ4n) is 1.85. The molecule has 1 rings (SSSR count). The lowest BCUT2D eigenvalue weighted by atomic mass is 10.1. The van der Waals surface area contributed by atoms with Crippen molar-refractivity contribution in [2.75, 3.05) is 0 Å². The summed E-state index contributed by atoms with van der Waals surface area (Å²) in [6.45, 7) is 4.07. The van der Waals surface area contributed by atoms with Gasteiger partial charge in [0.05, 0.1) is 10.9 Å². The number of rotatable bonds is 6. The molecule has 0 radical (unpaired) electrons. The second kappa shape index (κ2) is 6.71. The van der Waals surface area contributed by atoms with Crippen LogP contribution in [-0.2, 0) is 10.0 Å². The second-order valence-corrected chi connectivity index (χ2v) is 6.07. The lowest BCUT2D eigenvalue weighted by molar-refractivity contribution is 0.495. The maximum Gasteiger partial charge on any atom is 0.238 e. The molecule has 0 fully saturated rings. The van der Waals surface area contributed by atoms with E-state index in [1.807, 2.05) is 6.92 Å². The molecule has 0 heterocycles. The standard InChI is InChI=1S/C14H20N2O2S/c1-4-6-13(5-2)16-11(3)12-7-9-14(10-8-12)19(15,17)18/h2,7-11,13,16H,4,6H2,1,3H3,(H2,15,17,18). The molecule has 5 heteroatoms. The normalized spacial score (nSPS) is 14.6. The Morgan fingerprint density at radius 3 is 2.37 bits per heavy atom. The van der Waals surface area contributed by atoms with Crippen LogP contribution in [-0.4, -0.2) is 14.5 Å². The molecule has 0 saturated carbocycles. The third-order valence-electron chi connectivity index (χ3n) is 2.94. The molecule has 1 aromatic rings. The molecule has 0 amide bonds. The summed E-state index contributed by atoms with van der Waals surface area (Å²) in [5.74, 6) is 2.71. The average Bonchev–Trinajstić information content (AvgIpc) is 2.37. The van der Waals surface area contributed by atoms with Crippen molar-refractivity contribution >= 4 is 10.0 Å². The zero-order valence-electron chi connectivity index (χ0n) is 11.3. The number of hydrogen-bond donors (Lipinski definition) is 2. The summed E-state index contributed by atoms with van der Waals surface area (Å²) < 4.78 is 22.3. The molecule has 0 saturated heterocycles. The molecule has 4 nitrogen and oxygen atoms in total. The topological polar surface area (TPSA) is 72.2 Å². The van der Waals surface area contributed by atoms with E-state index in [0.717, 1.165) is 18.4 Å². The third kappa shape index (κ3) is 4.67. The molecule has 0 aliphatic rings. The van der Waals surface area contributed by atoms with Gasteiger partial charge in [-0.05, 0) is 31.0 Å². The highest BCUT2D eigenvalue weighted by Crippen LogP contribution is 2.16. The number of terminal acetylenes is 1. The number of sulfonamides is 1. The smallest absolute Gasteiger partial charge is 0.238 e. The van der Waals surface area contributed by atoms with Gasteiger partial charge in [-0.2, -0.15) is 0 Å². The Kier molecular flexibility index (Phi) is 5.55. The molecule has 2 atom stereocenters. The second-order valence-electron chi connectivity index (χ2n) is 4.51. The van der Waals surface area contributed by atoms with Crippen LogP contribution >= 0.6 is 0 Å². The van der Waals surface area contributed by atoms with Crippen molar-refractivity contribution in [2.45, 2.75) is 43.7 Å². The van der Waals surface area contributed by atoms with Crippen LogP contribution in [0.5, 0.6) is 0 Å². The Morgan fingerprint density at radius 1 is 1.37 bits per heavy atom. The van der Waals surface area contributed by atoms with Crippen LogP contribution in [0.1, 0.15) is 38.3 Å². The Hall–Kier alpha value is -1.35. The molecular weight excluding hydrogens is 260 g/mol. The third-order valence-corrected chi connectivity index (χ3v) is 3.87. The molecular formula is C14H20N2O2S. The summed E-state index contributed by atoms with van der Waals surface area (Å²) in [4.78, 5) is 0.116. The van der Waals surface area contributed by atoms with Crippen molar-refractivity contribution < 1.29 is 8.42 Å². The zero-order chi connectivity index (χ0) is 14.5. The van der Waals surface area contributed by atoms with E-state index in [9.17, 15) is 8.42 Å². The van der Waals surface area contributed by atoms with Crippen LogP contribution in [0.2, 0.25) is 0 Å². The fraction of sp³-hybridized carbons (Fsp3) is 0.429. The van der Waals surface area contributed by atoms with E-state index >= 15 is 0 Å². The number of primary sulfonamides is 1. The molecule has 3 N–H and O–H groups in total. The van der Waals surface area contributed by atoms with Crippen molar-refractivity contribution in [3.8, 4) is 12.3 Å². The van der Waals surface area contributed by atoms with Crippen LogP contribution in [0.25, 0.3) is 0 Å². The Morgan fingerprint density at radius 2 is 1.95 bits per heavy atom. The van der Waals surface area contributed by atoms with Gasteiger partial charge in [0, 0.05) is 6.04 Å². The van der Waals surface area contributed by atoms with E-state index in [-0.39, 0.29) is 17.0 Å². The van der Waals surface area contributed by atoms with Crippen molar-refractivity contribution in [3.05, 3.63) is 29.8 Å². The largest absolute Gasteiger partial charge is 0.297 e. The van der Waals surface area contributed by atoms with Gasteiger partial charge < -0.3 is 0 Å². The summed E-state index contributed by atoms with van der Waals surface area (Å²) >= 11 is 0. The molecule has 0 bridgehead atoms. The Bertz CT molecular complexity index is 544. The summed E-state index contributed by atoms with van der Waals surface area (Å²) in [6, 6.07) is 6.59. The molecule has 1 aromatic carbocycles. The average molecular weight is 280 g/mol. The van der Waals surface area contributed by atoms with Gasteiger partial charge in [-0.25, -0.2) is 13.6 Å². The number of hydrogen-bond acceptors (Lipinski definition) is 3. The van der Waals surface area contributed by atoms with Crippen LogP contribution in [0.3, 0.4) is 0 Å². The van der Waals surface area contributed by atoms with Crippen molar-refractivity contribution in [2.24, 2.45) is 5.14 Å². The SMILES string of the molecule is C#CC(CCC)NC(C)c1ccc(S(N)(=O)=O)cc1. The fourth-order valence-corrected chi connectivity index (χ4v) is 2.36. The number of benzene rings is 1. The molecule has 104 valence electrons. The Balaban J connectivity index is 2.79. The first kappa shape index (κ1) is 15.7. The van der Waals surface area contributed by atoms with Crippen LogP contribution < -0.4 is 10.5 Å². The van der Waals surface area contributed by atoms with Gasteiger partial charge >= 0.3 is 0 Å². The van der Waals surface area contributed by atoms with Crippen molar-refractivity contribution in [1.82, 2.24) is 5.32 Å². The monoisotopic (exact) mass is 280 g/mol. The van der Waals surface area contributed by atoms with Gasteiger partial charge in [0.25, 0.3) is 0 Å². The van der Waals surface area contributed by atoms with Gasteiger partial charge in [0.15, 0.2) is 0 Å². The van der Waals surface area contributed by atoms with E-state index in [1.165, 1.54) is 12.1 Å². The number of nitrogens with one attached hydrogen (secondary N) is 1. The predicted molar refractivity (Wildman–Crippen MR) is 76.9 cm³/mol. The minimum atomic E-state index is -3.63. The molecule has 0 spiro atoms. The van der Waals surface area contributed by atoms with E-state index < -0.39 is 10.0 Å². The summed E-state index contributed by atoms with van der Waals surface area (Å²) in [6.07, 6.45) is 7.38. The lowest BCUT2D eigenvalue weighted by Crippen LogP contribution is -2.30. The minimum absolute atomic E-state index is 0.0258. The van der Waals surface area contributed by atoms with Gasteiger partial charge in [-0.15, -0.1) is 6.42 Å². The highest BCUT2D eigenvalue weighted by atomic mass is 32.2. The summed E-state index contributed by atoms with van der Waals surface area (Å²) in [7, 11) is -3.63. The molecule has 0 aliphatic heterocycles. The summed E-state index contributed by atoms with van der Waals surface area (Å²) in [5, 5.41) is 8.38. The lowest BCUT2D eigenvalue weighted by Gasteiger charge is -2.19. The molecule has 0 aromatic heterocycles. The quantitative estimate of drug-likeness (QED) is 0.780. The number of nitrogens with two attached hydrogens (primary N) is 1. The van der Waals surface area contributed by atoms with Gasteiger partial charge in [-0.1, -0.05) is 31.4 Å². The van der Waals surface area contributed by atoms with Crippen LogP contribution in [0.15, 0.2) is 29.2 Å². The first-order valence-corrected chi connectivity index (χ1v) is 7.78. The predicted octanol–water partition coefficient (Wildman–Crippen LogP) is 1.79. The highest BCUT2D eigenvalue weighted by molar-refractivity contribution is 7.89. The van der Waals surface area contributed by atoms with Gasteiger partial charge in [0.1, 0.15) is 0 Å². The molecule has 19 heavy (non-hydrogen) atoms. The maximum absolute atomic E-state index is 11.2. The molecule has 0 aliphatic carbocycles. The zero-order valence-corrected chi connectivity index (χ0v) is 12.1.